The molecule has 0 bridgehead atoms. The van der Waals surface area contributed by atoms with E-state index in [2.05, 4.69) is 25.0 Å². The van der Waals surface area contributed by atoms with Gasteiger partial charge in [0.2, 0.25) is 0 Å². The van der Waals surface area contributed by atoms with E-state index < -0.39 is 5.60 Å². The molecule has 130 valence electrons. The fourth-order valence-corrected chi connectivity index (χ4v) is 3.44. The Bertz CT molecular complexity index is 519. The SMILES string of the molecule is CCC1CCCC(Cc2ccnn2CC)N1C(=O)OC(C)(C)C. The van der Waals surface area contributed by atoms with Crippen molar-refractivity contribution in [2.24, 2.45) is 0 Å². The fourth-order valence-electron chi connectivity index (χ4n) is 3.44. The summed E-state index contributed by atoms with van der Waals surface area (Å²) in [6.07, 6.45) is 6.77. The third kappa shape index (κ3) is 4.49. The van der Waals surface area contributed by atoms with E-state index in [1.54, 1.807) is 0 Å². The van der Waals surface area contributed by atoms with Gasteiger partial charge in [0.05, 0.1) is 0 Å². The third-order valence-corrected chi connectivity index (χ3v) is 4.49. The Morgan fingerprint density at radius 2 is 2.00 bits per heavy atom. The summed E-state index contributed by atoms with van der Waals surface area (Å²) < 4.78 is 7.70. The van der Waals surface area contributed by atoms with E-state index >= 15 is 0 Å². The average molecular weight is 321 g/mol. The van der Waals surface area contributed by atoms with Crippen molar-refractivity contribution in [2.45, 2.75) is 91.0 Å². The van der Waals surface area contributed by atoms with E-state index in [0.717, 1.165) is 32.2 Å². The number of rotatable bonds is 4. The molecule has 5 nitrogen and oxygen atoms in total. The normalized spacial score (nSPS) is 22.2. The molecule has 0 saturated carbocycles. The molecule has 0 spiro atoms. The van der Waals surface area contributed by atoms with Gasteiger partial charge >= 0.3 is 6.09 Å². The van der Waals surface area contributed by atoms with Crippen molar-refractivity contribution < 1.29 is 9.53 Å². The summed E-state index contributed by atoms with van der Waals surface area (Å²) in [4.78, 5) is 14.8. The first-order chi connectivity index (χ1) is 10.9. The number of nitrogens with zero attached hydrogens (tertiary/aromatic N) is 3. The lowest BCUT2D eigenvalue weighted by Crippen LogP contribution is -2.52. The van der Waals surface area contributed by atoms with Gasteiger partial charge in [-0.25, -0.2) is 4.79 Å². The third-order valence-electron chi connectivity index (χ3n) is 4.49. The number of ether oxygens (including phenoxy) is 1. The molecular formula is C18H31N3O2. The van der Waals surface area contributed by atoms with Crippen LogP contribution in [-0.2, 0) is 17.7 Å². The maximum Gasteiger partial charge on any atom is 0.410 e. The predicted octanol–water partition coefficient (Wildman–Crippen LogP) is 4.01. The molecule has 0 aromatic carbocycles. The molecule has 1 saturated heterocycles. The van der Waals surface area contributed by atoms with Crippen LogP contribution < -0.4 is 0 Å². The standard InChI is InChI=1S/C18H31N3O2/c1-6-14-9-8-10-16(13-15-11-12-19-20(15)7-2)21(14)17(22)23-18(3,4)5/h11-12,14,16H,6-10,13H2,1-5H3. The molecule has 1 amide bonds. The second-order valence-corrected chi connectivity index (χ2v) is 7.38. The molecule has 1 aliphatic rings. The van der Waals surface area contributed by atoms with Gasteiger partial charge in [-0.05, 0) is 59.4 Å². The number of piperidine rings is 1. The molecule has 0 aliphatic carbocycles. The zero-order valence-corrected chi connectivity index (χ0v) is 15.2. The van der Waals surface area contributed by atoms with E-state index in [4.69, 9.17) is 4.74 Å². The topological polar surface area (TPSA) is 47.4 Å². The summed E-state index contributed by atoms with van der Waals surface area (Å²) in [6, 6.07) is 2.54. The minimum atomic E-state index is -0.456. The van der Waals surface area contributed by atoms with Gasteiger partial charge in [0.25, 0.3) is 0 Å². The number of carbonyl (C=O) groups excluding carboxylic acids is 1. The maximum absolute atomic E-state index is 12.8. The summed E-state index contributed by atoms with van der Waals surface area (Å²) >= 11 is 0. The Hall–Kier alpha value is -1.52. The van der Waals surface area contributed by atoms with Crippen molar-refractivity contribution in [3.05, 3.63) is 18.0 Å². The molecule has 2 rings (SSSR count). The zero-order valence-electron chi connectivity index (χ0n) is 15.2. The lowest BCUT2D eigenvalue weighted by atomic mass is 9.92. The van der Waals surface area contributed by atoms with Crippen molar-refractivity contribution in [1.82, 2.24) is 14.7 Å². The molecule has 2 unspecified atom stereocenters. The fraction of sp³-hybridized carbons (Fsp3) is 0.778. The highest BCUT2D eigenvalue weighted by molar-refractivity contribution is 5.69. The molecule has 23 heavy (non-hydrogen) atoms. The Labute approximate surface area is 140 Å². The summed E-state index contributed by atoms with van der Waals surface area (Å²) in [5.41, 5.74) is 0.741. The largest absolute Gasteiger partial charge is 0.444 e. The second kappa shape index (κ2) is 7.37. The number of hydrogen-bond donors (Lipinski definition) is 0. The average Bonchev–Trinajstić information content (AvgIpc) is 2.92. The van der Waals surface area contributed by atoms with Crippen molar-refractivity contribution in [3.8, 4) is 0 Å². The Balaban J connectivity index is 2.18. The van der Waals surface area contributed by atoms with Crippen molar-refractivity contribution in [1.29, 1.82) is 0 Å². The van der Waals surface area contributed by atoms with Crippen LogP contribution in [0.2, 0.25) is 0 Å². The highest BCUT2D eigenvalue weighted by Crippen LogP contribution is 2.29. The van der Waals surface area contributed by atoms with Gasteiger partial charge in [-0.1, -0.05) is 6.92 Å². The summed E-state index contributed by atoms with van der Waals surface area (Å²) in [5.74, 6) is 0. The minimum Gasteiger partial charge on any atom is -0.444 e. The van der Waals surface area contributed by atoms with Crippen LogP contribution >= 0.6 is 0 Å². The first-order valence-electron chi connectivity index (χ1n) is 8.87. The molecule has 0 radical (unpaired) electrons. The second-order valence-electron chi connectivity index (χ2n) is 7.38. The van der Waals surface area contributed by atoms with Gasteiger partial charge in [0.1, 0.15) is 5.60 Å². The molecule has 1 aliphatic heterocycles. The number of aryl methyl sites for hydroxylation is 1. The number of carbonyl (C=O) groups is 1. The summed E-state index contributed by atoms with van der Waals surface area (Å²) in [6.45, 7) is 10.9. The van der Waals surface area contributed by atoms with Gasteiger partial charge in [0.15, 0.2) is 0 Å². The number of amides is 1. The minimum absolute atomic E-state index is 0.170. The van der Waals surface area contributed by atoms with Gasteiger partial charge < -0.3 is 9.64 Å². The van der Waals surface area contributed by atoms with Crippen LogP contribution in [0.15, 0.2) is 12.3 Å². The van der Waals surface area contributed by atoms with Crippen molar-refractivity contribution in [2.75, 3.05) is 0 Å². The van der Waals surface area contributed by atoms with Crippen LogP contribution in [0.4, 0.5) is 4.79 Å². The van der Waals surface area contributed by atoms with Crippen LogP contribution in [0.25, 0.3) is 0 Å². The molecule has 2 heterocycles. The van der Waals surface area contributed by atoms with Crippen molar-refractivity contribution in [3.63, 3.8) is 0 Å². The van der Waals surface area contributed by atoms with Crippen LogP contribution in [0, 0.1) is 0 Å². The van der Waals surface area contributed by atoms with Crippen molar-refractivity contribution >= 4 is 6.09 Å². The van der Waals surface area contributed by atoms with E-state index in [0.29, 0.717) is 0 Å². The predicted molar refractivity (Wildman–Crippen MR) is 91.4 cm³/mol. The number of hydrogen-bond acceptors (Lipinski definition) is 3. The van der Waals surface area contributed by atoms with Gasteiger partial charge in [-0.2, -0.15) is 5.10 Å². The highest BCUT2D eigenvalue weighted by Gasteiger charge is 2.36. The lowest BCUT2D eigenvalue weighted by Gasteiger charge is -2.42. The van der Waals surface area contributed by atoms with Crippen LogP contribution in [-0.4, -0.2) is 38.5 Å². The Kier molecular flexibility index (Phi) is 5.71. The smallest absolute Gasteiger partial charge is 0.410 e. The van der Waals surface area contributed by atoms with E-state index in [9.17, 15) is 4.79 Å². The molecule has 1 aromatic heterocycles. The van der Waals surface area contributed by atoms with Gasteiger partial charge in [-0.3, -0.25) is 4.68 Å². The van der Waals surface area contributed by atoms with Crippen LogP contribution in [0.5, 0.6) is 0 Å². The molecule has 0 N–H and O–H groups in total. The van der Waals surface area contributed by atoms with Gasteiger partial charge in [-0.15, -0.1) is 0 Å². The van der Waals surface area contributed by atoms with Crippen LogP contribution in [0.3, 0.4) is 0 Å². The highest BCUT2D eigenvalue weighted by atomic mass is 16.6. The quantitative estimate of drug-likeness (QED) is 0.841. The molecule has 5 heteroatoms. The molecular weight excluding hydrogens is 290 g/mol. The van der Waals surface area contributed by atoms with Crippen LogP contribution in [0.1, 0.15) is 66.0 Å². The summed E-state index contributed by atoms with van der Waals surface area (Å²) in [7, 11) is 0. The van der Waals surface area contributed by atoms with E-state index in [-0.39, 0.29) is 18.2 Å². The lowest BCUT2D eigenvalue weighted by molar-refractivity contribution is -0.00625. The zero-order chi connectivity index (χ0) is 17.0. The Morgan fingerprint density at radius 3 is 2.61 bits per heavy atom. The first-order valence-corrected chi connectivity index (χ1v) is 8.87. The van der Waals surface area contributed by atoms with E-state index in [1.165, 1.54) is 12.1 Å². The first kappa shape index (κ1) is 17.8. The molecule has 1 aromatic rings. The number of likely N-dealkylation sites (tertiary alicyclic amines) is 1. The van der Waals surface area contributed by atoms with Gasteiger partial charge in [0, 0.05) is 36.9 Å². The number of aromatic nitrogens is 2. The Morgan fingerprint density at radius 1 is 1.30 bits per heavy atom. The monoisotopic (exact) mass is 321 g/mol. The van der Waals surface area contributed by atoms with E-state index in [1.807, 2.05) is 36.5 Å². The maximum atomic E-state index is 12.8. The molecule has 1 fully saturated rings. The summed E-state index contributed by atoms with van der Waals surface area (Å²) in [5, 5.41) is 4.35. The molecule has 2 atom stereocenters.